The van der Waals surface area contributed by atoms with Gasteiger partial charge in [0.25, 0.3) is 5.56 Å². The number of rotatable bonds is 4. The molecule has 3 aromatic heterocycles. The Morgan fingerprint density at radius 2 is 2.06 bits per heavy atom. The third-order valence-corrected chi connectivity index (χ3v) is 6.18. The van der Waals surface area contributed by atoms with Crippen LogP contribution in [-0.4, -0.2) is 29.8 Å². The molecule has 0 atom stereocenters. The maximum Gasteiger partial charge on any atom is 0.265 e. The van der Waals surface area contributed by atoms with E-state index in [2.05, 4.69) is 20.2 Å². The summed E-state index contributed by atoms with van der Waals surface area (Å²) in [5, 5.41) is 18.3. The van der Waals surface area contributed by atoms with E-state index < -0.39 is 11.4 Å². The second-order valence-corrected chi connectivity index (χ2v) is 8.26. The van der Waals surface area contributed by atoms with Crippen LogP contribution >= 0.6 is 0 Å². The summed E-state index contributed by atoms with van der Waals surface area (Å²) in [5.41, 5.74) is 8.71. The fourth-order valence-corrected chi connectivity index (χ4v) is 4.44. The SMILES string of the molecule is Nc1nc(-c2cccc(-n3ccc4cc(C5CC5)cc(F)c4c3=O)c2CO)c2cn[nH]c2n1. The molecule has 0 saturated heterocycles. The summed E-state index contributed by atoms with van der Waals surface area (Å²) < 4.78 is 16.4. The van der Waals surface area contributed by atoms with Gasteiger partial charge in [-0.15, -0.1) is 0 Å². The Kier molecular flexibility index (Phi) is 4.27. The maximum absolute atomic E-state index is 15.0. The van der Waals surface area contributed by atoms with Crippen molar-refractivity contribution in [3.8, 4) is 16.9 Å². The third kappa shape index (κ3) is 3.08. The first kappa shape index (κ1) is 19.6. The van der Waals surface area contributed by atoms with E-state index in [9.17, 15) is 14.3 Å². The second-order valence-electron chi connectivity index (χ2n) is 8.26. The Labute approximate surface area is 186 Å². The van der Waals surface area contributed by atoms with E-state index in [0.717, 1.165) is 18.4 Å². The number of anilines is 1. The molecule has 0 amide bonds. The zero-order chi connectivity index (χ0) is 22.7. The molecule has 0 aliphatic heterocycles. The summed E-state index contributed by atoms with van der Waals surface area (Å²) >= 11 is 0. The van der Waals surface area contributed by atoms with Gasteiger partial charge in [-0.3, -0.25) is 14.5 Å². The molecule has 6 rings (SSSR count). The lowest BCUT2D eigenvalue weighted by atomic mass is 10.00. The van der Waals surface area contributed by atoms with Crippen LogP contribution in [0.15, 0.2) is 53.6 Å². The van der Waals surface area contributed by atoms with Gasteiger partial charge in [0, 0.05) is 17.3 Å². The molecule has 0 unspecified atom stereocenters. The van der Waals surface area contributed by atoms with Gasteiger partial charge in [0.1, 0.15) is 5.82 Å². The lowest BCUT2D eigenvalue weighted by molar-refractivity contribution is 0.282. The summed E-state index contributed by atoms with van der Waals surface area (Å²) in [6.45, 7) is -0.373. The molecule has 1 aliphatic rings. The third-order valence-electron chi connectivity index (χ3n) is 6.18. The summed E-state index contributed by atoms with van der Waals surface area (Å²) in [6, 6.07) is 10.3. The van der Waals surface area contributed by atoms with Crippen LogP contribution < -0.4 is 11.3 Å². The van der Waals surface area contributed by atoms with Crippen LogP contribution in [0.25, 0.3) is 38.8 Å². The first-order valence-electron chi connectivity index (χ1n) is 10.6. The number of nitrogen functional groups attached to an aromatic ring is 1. The minimum Gasteiger partial charge on any atom is -0.392 e. The average Bonchev–Trinajstić information content (AvgIpc) is 3.56. The molecule has 2 aromatic carbocycles. The highest BCUT2D eigenvalue weighted by atomic mass is 19.1. The number of nitrogens with two attached hydrogens (primary N) is 1. The molecule has 8 nitrogen and oxygen atoms in total. The van der Waals surface area contributed by atoms with E-state index in [0.29, 0.717) is 44.8 Å². The molecule has 164 valence electrons. The number of hydrogen-bond acceptors (Lipinski definition) is 6. The molecule has 1 fully saturated rings. The molecule has 0 spiro atoms. The molecular formula is C24H19FN6O2. The fourth-order valence-electron chi connectivity index (χ4n) is 4.44. The normalized spacial score (nSPS) is 13.8. The van der Waals surface area contributed by atoms with E-state index >= 15 is 0 Å². The molecule has 9 heteroatoms. The number of benzene rings is 2. The van der Waals surface area contributed by atoms with Crippen molar-refractivity contribution in [1.29, 1.82) is 0 Å². The number of aromatic amines is 1. The minimum absolute atomic E-state index is 0.0275. The van der Waals surface area contributed by atoms with Crippen LogP contribution in [0.2, 0.25) is 0 Å². The van der Waals surface area contributed by atoms with Crippen LogP contribution in [0.4, 0.5) is 10.3 Å². The standard InChI is InChI=1S/C24H19FN6O2/c25-18-9-14(12-4-5-12)8-13-6-7-31(23(33)20(13)18)19-3-1-2-15(17(19)11-32)21-16-10-27-30-22(16)29-24(26)28-21/h1-3,6-10,12,32H,4-5,11H2,(H3,26,27,28,29,30). The lowest BCUT2D eigenvalue weighted by Gasteiger charge is -2.16. The summed E-state index contributed by atoms with van der Waals surface area (Å²) in [5.74, 6) is -0.101. The number of H-pyrrole nitrogens is 1. The number of hydrogen-bond donors (Lipinski definition) is 3. The number of nitrogens with zero attached hydrogens (tertiary/aromatic N) is 4. The number of fused-ring (bicyclic) bond motifs is 2. The van der Waals surface area contributed by atoms with Gasteiger partial charge >= 0.3 is 0 Å². The number of aliphatic hydroxyl groups excluding tert-OH is 1. The Balaban J connectivity index is 1.58. The van der Waals surface area contributed by atoms with Crippen molar-refractivity contribution in [1.82, 2.24) is 24.7 Å². The average molecular weight is 442 g/mol. The first-order valence-corrected chi connectivity index (χ1v) is 10.6. The number of aromatic nitrogens is 5. The van der Waals surface area contributed by atoms with Crippen LogP contribution in [0, 0.1) is 5.82 Å². The Bertz CT molecular complexity index is 1620. The van der Waals surface area contributed by atoms with Gasteiger partial charge in [0.2, 0.25) is 5.95 Å². The molecule has 3 heterocycles. The number of halogens is 1. The van der Waals surface area contributed by atoms with E-state index in [-0.39, 0.29) is 17.9 Å². The van der Waals surface area contributed by atoms with Gasteiger partial charge in [-0.1, -0.05) is 18.2 Å². The van der Waals surface area contributed by atoms with Gasteiger partial charge in [-0.2, -0.15) is 10.1 Å². The molecular weight excluding hydrogens is 423 g/mol. The van der Waals surface area contributed by atoms with E-state index in [4.69, 9.17) is 5.73 Å². The van der Waals surface area contributed by atoms with E-state index in [1.807, 2.05) is 6.07 Å². The van der Waals surface area contributed by atoms with Crippen molar-refractivity contribution in [3.05, 3.63) is 76.1 Å². The highest BCUT2D eigenvalue weighted by Gasteiger charge is 2.25. The van der Waals surface area contributed by atoms with Gasteiger partial charge < -0.3 is 10.8 Å². The van der Waals surface area contributed by atoms with Crippen molar-refractivity contribution < 1.29 is 9.50 Å². The van der Waals surface area contributed by atoms with Crippen LogP contribution in [0.5, 0.6) is 0 Å². The fraction of sp³-hybridized carbons (Fsp3) is 0.167. The summed E-state index contributed by atoms with van der Waals surface area (Å²) in [4.78, 5) is 21.9. The zero-order valence-corrected chi connectivity index (χ0v) is 17.4. The van der Waals surface area contributed by atoms with Crippen molar-refractivity contribution >= 4 is 27.8 Å². The Morgan fingerprint density at radius 3 is 2.85 bits per heavy atom. The second kappa shape index (κ2) is 7.21. The highest BCUT2D eigenvalue weighted by molar-refractivity contribution is 5.92. The highest BCUT2D eigenvalue weighted by Crippen LogP contribution is 2.41. The predicted octanol–water partition coefficient (Wildman–Crippen LogP) is 3.42. The van der Waals surface area contributed by atoms with Gasteiger partial charge in [-0.25, -0.2) is 9.37 Å². The van der Waals surface area contributed by atoms with Crippen LogP contribution in [-0.2, 0) is 6.61 Å². The quantitative estimate of drug-likeness (QED) is 0.392. The topological polar surface area (TPSA) is 123 Å². The largest absolute Gasteiger partial charge is 0.392 e. The monoisotopic (exact) mass is 442 g/mol. The van der Waals surface area contributed by atoms with Crippen LogP contribution in [0.1, 0.15) is 29.9 Å². The molecule has 4 N–H and O–H groups in total. The molecule has 33 heavy (non-hydrogen) atoms. The van der Waals surface area contributed by atoms with Gasteiger partial charge in [-0.05, 0) is 47.9 Å². The molecule has 5 aromatic rings. The lowest BCUT2D eigenvalue weighted by Crippen LogP contribution is -2.20. The van der Waals surface area contributed by atoms with E-state index in [1.54, 1.807) is 36.7 Å². The first-order chi connectivity index (χ1) is 16.0. The van der Waals surface area contributed by atoms with Gasteiger partial charge in [0.05, 0.1) is 35.0 Å². The summed E-state index contributed by atoms with van der Waals surface area (Å²) in [6.07, 6.45) is 5.28. The maximum atomic E-state index is 15.0. The van der Waals surface area contributed by atoms with E-state index in [1.165, 1.54) is 10.6 Å². The molecule has 1 aliphatic carbocycles. The van der Waals surface area contributed by atoms with Gasteiger partial charge in [0.15, 0.2) is 5.65 Å². The number of aliphatic hydroxyl groups is 1. The zero-order valence-electron chi connectivity index (χ0n) is 17.4. The summed E-state index contributed by atoms with van der Waals surface area (Å²) in [7, 11) is 0. The molecule has 0 radical (unpaired) electrons. The van der Waals surface area contributed by atoms with Crippen molar-refractivity contribution in [2.45, 2.75) is 25.4 Å². The molecule has 1 saturated carbocycles. The number of pyridine rings is 1. The van der Waals surface area contributed by atoms with Crippen molar-refractivity contribution in [2.75, 3.05) is 5.73 Å². The minimum atomic E-state index is -0.529. The smallest absolute Gasteiger partial charge is 0.265 e. The predicted molar refractivity (Wildman–Crippen MR) is 122 cm³/mol. The van der Waals surface area contributed by atoms with Crippen molar-refractivity contribution in [3.63, 3.8) is 0 Å². The van der Waals surface area contributed by atoms with Crippen molar-refractivity contribution in [2.24, 2.45) is 0 Å². The molecule has 0 bridgehead atoms. The van der Waals surface area contributed by atoms with Crippen LogP contribution in [0.3, 0.4) is 0 Å². The number of nitrogens with one attached hydrogen (secondary N) is 1. The Morgan fingerprint density at radius 1 is 1.21 bits per heavy atom. The Hall–Kier alpha value is -4.11.